The van der Waals surface area contributed by atoms with E-state index >= 15 is 0 Å². The quantitative estimate of drug-likeness (QED) is 0.916. The molecule has 2 aromatic rings. The number of nitrogens with zero attached hydrogens (tertiary/aromatic N) is 2. The molecule has 1 heterocycles. The molecule has 1 amide bonds. The first-order valence-electron chi connectivity index (χ1n) is 7.03. The van der Waals surface area contributed by atoms with Crippen LogP contribution in [0.15, 0.2) is 36.5 Å². The Morgan fingerprint density at radius 2 is 1.87 bits per heavy atom. The minimum atomic E-state index is -1.22. The van der Waals surface area contributed by atoms with Crippen LogP contribution < -0.4 is 4.74 Å². The number of amides is 1. The van der Waals surface area contributed by atoms with Gasteiger partial charge in [-0.1, -0.05) is 30.3 Å². The number of carboxylic acids is 1. The van der Waals surface area contributed by atoms with E-state index in [1.807, 2.05) is 30.3 Å². The molecule has 6 heteroatoms. The second kappa shape index (κ2) is 6.91. The predicted octanol–water partition coefficient (Wildman–Crippen LogP) is 2.37. The molecule has 2 rings (SSSR count). The highest BCUT2D eigenvalue weighted by molar-refractivity contribution is 6.06. The maximum Gasteiger partial charge on any atom is 0.338 e. The van der Waals surface area contributed by atoms with Gasteiger partial charge >= 0.3 is 5.97 Å². The minimum Gasteiger partial charge on any atom is -0.486 e. The fourth-order valence-corrected chi connectivity index (χ4v) is 2.09. The molecule has 0 saturated carbocycles. The number of hydrogen-bond donors (Lipinski definition) is 1. The number of benzene rings is 1. The first-order chi connectivity index (χ1) is 10.9. The molecule has 0 aliphatic rings. The number of ether oxygens (including phenoxy) is 1. The van der Waals surface area contributed by atoms with Crippen molar-refractivity contribution in [3.05, 3.63) is 58.9 Å². The minimum absolute atomic E-state index is 0.0194. The molecule has 120 valence electrons. The van der Waals surface area contributed by atoms with E-state index in [0.29, 0.717) is 5.69 Å². The number of pyridine rings is 1. The highest BCUT2D eigenvalue weighted by Gasteiger charge is 2.25. The summed E-state index contributed by atoms with van der Waals surface area (Å²) < 4.78 is 5.74. The van der Waals surface area contributed by atoms with E-state index in [9.17, 15) is 14.7 Å². The lowest BCUT2D eigenvalue weighted by Gasteiger charge is -2.18. The molecule has 23 heavy (non-hydrogen) atoms. The number of hydrogen-bond acceptors (Lipinski definition) is 4. The van der Waals surface area contributed by atoms with Crippen LogP contribution >= 0.6 is 0 Å². The van der Waals surface area contributed by atoms with E-state index in [1.54, 1.807) is 21.0 Å². The number of carbonyl (C=O) groups excluding carboxylic acids is 1. The van der Waals surface area contributed by atoms with Crippen molar-refractivity contribution < 1.29 is 19.4 Å². The Morgan fingerprint density at radius 3 is 2.43 bits per heavy atom. The van der Waals surface area contributed by atoms with Crippen molar-refractivity contribution in [2.45, 2.75) is 13.5 Å². The van der Waals surface area contributed by atoms with Crippen LogP contribution in [0.5, 0.6) is 5.75 Å². The first kappa shape index (κ1) is 16.5. The van der Waals surface area contributed by atoms with Gasteiger partial charge in [0.2, 0.25) is 0 Å². The van der Waals surface area contributed by atoms with Crippen molar-refractivity contribution in [3.8, 4) is 5.75 Å². The molecule has 0 aliphatic carbocycles. The van der Waals surface area contributed by atoms with E-state index in [4.69, 9.17) is 4.74 Å². The number of rotatable bonds is 5. The molecular formula is C17H18N2O4. The molecule has 0 aliphatic heterocycles. The summed E-state index contributed by atoms with van der Waals surface area (Å²) in [6.45, 7) is 1.90. The summed E-state index contributed by atoms with van der Waals surface area (Å²) in [5, 5.41) is 9.33. The largest absolute Gasteiger partial charge is 0.486 e. The molecule has 1 aromatic carbocycles. The molecule has 6 nitrogen and oxygen atoms in total. The maximum absolute atomic E-state index is 12.4. The second-order valence-electron chi connectivity index (χ2n) is 5.24. The van der Waals surface area contributed by atoms with Gasteiger partial charge in [0.25, 0.3) is 5.91 Å². The van der Waals surface area contributed by atoms with Gasteiger partial charge in [-0.15, -0.1) is 0 Å². The lowest BCUT2D eigenvalue weighted by molar-refractivity contribution is 0.0682. The van der Waals surface area contributed by atoms with Crippen LogP contribution in [0.25, 0.3) is 0 Å². The zero-order chi connectivity index (χ0) is 17.0. The molecule has 0 saturated heterocycles. The van der Waals surface area contributed by atoms with Gasteiger partial charge in [-0.2, -0.15) is 0 Å². The molecule has 1 aromatic heterocycles. The van der Waals surface area contributed by atoms with Crippen LogP contribution in [-0.2, 0) is 6.61 Å². The Morgan fingerprint density at radius 1 is 1.22 bits per heavy atom. The third kappa shape index (κ3) is 3.66. The molecule has 0 atom stereocenters. The average molecular weight is 314 g/mol. The van der Waals surface area contributed by atoms with Crippen molar-refractivity contribution in [3.63, 3.8) is 0 Å². The van der Waals surface area contributed by atoms with Gasteiger partial charge in [0.15, 0.2) is 5.75 Å². The van der Waals surface area contributed by atoms with Gasteiger partial charge < -0.3 is 14.7 Å². The molecule has 0 fully saturated rings. The van der Waals surface area contributed by atoms with E-state index in [-0.39, 0.29) is 23.5 Å². The lowest BCUT2D eigenvalue weighted by atomic mass is 10.1. The highest BCUT2D eigenvalue weighted by Crippen LogP contribution is 2.27. The van der Waals surface area contributed by atoms with Crippen LogP contribution in [0, 0.1) is 6.92 Å². The van der Waals surface area contributed by atoms with Crippen LogP contribution in [0.3, 0.4) is 0 Å². The Bertz CT molecular complexity index is 727. The predicted molar refractivity (Wildman–Crippen MR) is 84.7 cm³/mol. The van der Waals surface area contributed by atoms with Crippen LogP contribution in [0.2, 0.25) is 0 Å². The number of aromatic nitrogens is 1. The highest BCUT2D eigenvalue weighted by atomic mass is 16.5. The summed E-state index contributed by atoms with van der Waals surface area (Å²) in [6.07, 6.45) is 1.18. The van der Waals surface area contributed by atoms with Crippen molar-refractivity contribution in [2.75, 3.05) is 14.1 Å². The molecular weight excluding hydrogens is 296 g/mol. The van der Waals surface area contributed by atoms with E-state index < -0.39 is 11.9 Å². The van der Waals surface area contributed by atoms with Crippen molar-refractivity contribution in [1.29, 1.82) is 0 Å². The second-order valence-corrected chi connectivity index (χ2v) is 5.24. The van der Waals surface area contributed by atoms with E-state index in [1.165, 1.54) is 11.1 Å². The third-order valence-corrected chi connectivity index (χ3v) is 3.29. The summed E-state index contributed by atoms with van der Waals surface area (Å²) in [7, 11) is 3.12. The summed E-state index contributed by atoms with van der Waals surface area (Å²) in [4.78, 5) is 29.2. The third-order valence-electron chi connectivity index (χ3n) is 3.29. The van der Waals surface area contributed by atoms with Gasteiger partial charge in [-0.3, -0.25) is 9.78 Å². The Labute approximate surface area is 134 Å². The summed E-state index contributed by atoms with van der Waals surface area (Å²) in [5.74, 6) is -1.45. The van der Waals surface area contributed by atoms with Crippen LogP contribution in [-0.4, -0.2) is 41.0 Å². The van der Waals surface area contributed by atoms with Crippen molar-refractivity contribution in [1.82, 2.24) is 9.88 Å². The van der Waals surface area contributed by atoms with Crippen molar-refractivity contribution >= 4 is 11.9 Å². The number of carbonyl (C=O) groups is 2. The Kier molecular flexibility index (Phi) is 4.95. The fraction of sp³-hybridized carbons (Fsp3) is 0.235. The Hall–Kier alpha value is -2.89. The van der Waals surface area contributed by atoms with Gasteiger partial charge in [0, 0.05) is 20.3 Å². The SMILES string of the molecule is Cc1ncc(C(=O)O)c(C(=O)N(C)C)c1OCc1ccccc1. The van der Waals surface area contributed by atoms with Crippen LogP contribution in [0.4, 0.5) is 0 Å². The summed E-state index contributed by atoms with van der Waals surface area (Å²) in [6, 6.07) is 9.42. The average Bonchev–Trinajstić information content (AvgIpc) is 2.53. The molecule has 1 N–H and O–H groups in total. The van der Waals surface area contributed by atoms with Gasteiger partial charge in [-0.05, 0) is 12.5 Å². The monoisotopic (exact) mass is 314 g/mol. The Balaban J connectivity index is 2.46. The number of aromatic carboxylic acids is 1. The molecule has 0 bridgehead atoms. The first-order valence-corrected chi connectivity index (χ1v) is 7.03. The zero-order valence-corrected chi connectivity index (χ0v) is 13.2. The van der Waals surface area contributed by atoms with Gasteiger partial charge in [0.05, 0.1) is 16.8 Å². The van der Waals surface area contributed by atoms with Crippen LogP contribution in [0.1, 0.15) is 32.0 Å². The van der Waals surface area contributed by atoms with Gasteiger partial charge in [0.1, 0.15) is 6.61 Å². The zero-order valence-electron chi connectivity index (χ0n) is 13.2. The lowest BCUT2D eigenvalue weighted by Crippen LogP contribution is -2.25. The van der Waals surface area contributed by atoms with E-state index in [0.717, 1.165) is 5.56 Å². The standard InChI is InChI=1S/C17H18N2O4/c1-11-15(23-10-12-7-5-4-6-8-12)14(16(20)19(2)3)13(9-18-11)17(21)22/h4-9H,10H2,1-3H3,(H,21,22). The van der Waals surface area contributed by atoms with Crippen molar-refractivity contribution in [2.24, 2.45) is 0 Å². The maximum atomic E-state index is 12.4. The normalized spacial score (nSPS) is 10.2. The summed E-state index contributed by atoms with van der Waals surface area (Å²) >= 11 is 0. The molecule has 0 unspecified atom stereocenters. The smallest absolute Gasteiger partial charge is 0.338 e. The number of aryl methyl sites for hydroxylation is 1. The molecule has 0 spiro atoms. The van der Waals surface area contributed by atoms with E-state index in [2.05, 4.69) is 4.98 Å². The fourth-order valence-electron chi connectivity index (χ4n) is 2.09. The van der Waals surface area contributed by atoms with Gasteiger partial charge in [-0.25, -0.2) is 4.79 Å². The number of carboxylic acid groups (broad SMARTS) is 1. The summed E-state index contributed by atoms with van der Waals surface area (Å²) in [5.41, 5.74) is 1.23. The molecule has 0 radical (unpaired) electrons. The topological polar surface area (TPSA) is 79.7 Å².